The van der Waals surface area contributed by atoms with Crippen molar-refractivity contribution in [2.45, 2.75) is 0 Å². The molecule has 0 amide bonds. The first-order chi connectivity index (χ1) is 9.16. The Balaban J connectivity index is 2.08. The summed E-state index contributed by atoms with van der Waals surface area (Å²) < 4.78 is 7.58. The standard InChI is InChI=1S/C11H12IN7/c1-18(2)8-3-4-9(17-12-8)19-11-7(5-16-19)10(13)14-6-15-11/h3-6H,1-2H3,(H2,13,14,15). The lowest BCUT2D eigenvalue weighted by molar-refractivity contribution is 0.640. The van der Waals surface area contributed by atoms with Crippen LogP contribution in [-0.4, -0.2) is 48.2 Å². The predicted octanol–water partition coefficient (Wildman–Crippen LogP) is 0.802. The molecule has 0 aromatic carbocycles. The predicted molar refractivity (Wildman–Crippen MR) is 84.4 cm³/mol. The van der Waals surface area contributed by atoms with Crippen molar-refractivity contribution in [1.29, 1.82) is 0 Å². The van der Waals surface area contributed by atoms with E-state index < -0.39 is 21.0 Å². The molecule has 0 bridgehead atoms. The molecule has 0 radical (unpaired) electrons. The summed E-state index contributed by atoms with van der Waals surface area (Å²) in [4.78, 5) is 10.3. The molecule has 0 aliphatic carbocycles. The van der Waals surface area contributed by atoms with Gasteiger partial charge < -0.3 is 5.73 Å². The fraction of sp³-hybridized carbons (Fsp3) is 0.182. The van der Waals surface area contributed by atoms with Gasteiger partial charge in [0.1, 0.15) is 12.1 Å². The Labute approximate surface area is 120 Å². The number of rotatable bonds is 1. The Hall–Kier alpha value is -1.68. The highest BCUT2D eigenvalue weighted by molar-refractivity contribution is 14.2. The minimum absolute atomic E-state index is 0.394. The van der Waals surface area contributed by atoms with Crippen LogP contribution in [0.4, 0.5) is 5.82 Å². The van der Waals surface area contributed by atoms with Crippen LogP contribution in [0.2, 0.25) is 0 Å². The van der Waals surface area contributed by atoms with Crippen LogP contribution >= 0.6 is 21.0 Å². The summed E-state index contributed by atoms with van der Waals surface area (Å²) in [5.41, 5.74) is 6.48. The first kappa shape index (κ1) is 12.4. The first-order valence-corrected chi connectivity index (χ1v) is 7.60. The Bertz CT molecular complexity index is 726. The van der Waals surface area contributed by atoms with E-state index in [0.717, 1.165) is 11.2 Å². The summed E-state index contributed by atoms with van der Waals surface area (Å²) >= 11 is -0.394. The molecule has 0 spiro atoms. The molecular formula is C11H12IN7. The minimum Gasteiger partial charge on any atom is -0.383 e. The quantitative estimate of drug-likeness (QED) is 0.752. The molecule has 19 heavy (non-hydrogen) atoms. The lowest BCUT2D eigenvalue weighted by atomic mass is 10.4. The van der Waals surface area contributed by atoms with E-state index >= 15 is 0 Å². The average molecular weight is 369 g/mol. The molecule has 3 heterocycles. The highest BCUT2D eigenvalue weighted by Gasteiger charge is 2.12. The third-order valence-electron chi connectivity index (χ3n) is 2.63. The maximum Gasteiger partial charge on any atom is 0.170 e. The van der Waals surface area contributed by atoms with Crippen LogP contribution in [0.3, 0.4) is 0 Å². The molecule has 2 N–H and O–H groups in total. The Morgan fingerprint density at radius 2 is 2.11 bits per heavy atom. The van der Waals surface area contributed by atoms with Crippen LogP contribution in [0.25, 0.3) is 11.0 Å². The lowest BCUT2D eigenvalue weighted by Gasteiger charge is -2.12. The molecule has 2 aromatic rings. The zero-order chi connectivity index (χ0) is 13.4. The summed E-state index contributed by atoms with van der Waals surface area (Å²) in [5, 5.41) is 5.05. The van der Waals surface area contributed by atoms with Crippen LogP contribution in [0.5, 0.6) is 0 Å². The number of allylic oxidation sites excluding steroid dienone is 1. The normalized spacial score (nSPS) is 15.3. The van der Waals surface area contributed by atoms with Crippen LogP contribution in [-0.2, 0) is 0 Å². The van der Waals surface area contributed by atoms with Gasteiger partial charge in [0.2, 0.25) is 0 Å². The van der Waals surface area contributed by atoms with Crippen LogP contribution < -0.4 is 5.73 Å². The van der Waals surface area contributed by atoms with Crippen LogP contribution in [0.1, 0.15) is 0 Å². The summed E-state index contributed by atoms with van der Waals surface area (Å²) in [6.07, 6.45) is 7.14. The van der Waals surface area contributed by atoms with Gasteiger partial charge in [0.05, 0.1) is 15.2 Å². The zero-order valence-corrected chi connectivity index (χ0v) is 12.6. The number of nitrogens with two attached hydrogens (primary N) is 1. The molecule has 7 nitrogen and oxygen atoms in total. The van der Waals surface area contributed by atoms with Crippen molar-refractivity contribution in [1.82, 2.24) is 24.6 Å². The van der Waals surface area contributed by atoms with Gasteiger partial charge >= 0.3 is 0 Å². The van der Waals surface area contributed by atoms with Crippen molar-refractivity contribution < 1.29 is 0 Å². The Morgan fingerprint density at radius 1 is 1.26 bits per heavy atom. The van der Waals surface area contributed by atoms with Gasteiger partial charge in [-0.3, -0.25) is 4.90 Å². The topological polar surface area (TPSA) is 85.2 Å². The largest absolute Gasteiger partial charge is 0.383 e. The first-order valence-electron chi connectivity index (χ1n) is 5.56. The van der Waals surface area contributed by atoms with Gasteiger partial charge in [-0.05, 0) is 26.2 Å². The van der Waals surface area contributed by atoms with Gasteiger partial charge in [-0.1, -0.05) is 0 Å². The number of likely N-dealkylation sites (N-methyl/N-ethyl adjacent to an activating group) is 1. The maximum atomic E-state index is 5.79. The molecule has 2 aromatic heterocycles. The smallest absolute Gasteiger partial charge is 0.170 e. The van der Waals surface area contributed by atoms with Crippen molar-refractivity contribution in [3.63, 3.8) is 0 Å². The van der Waals surface area contributed by atoms with Gasteiger partial charge in [-0.25, -0.2) is 13.2 Å². The van der Waals surface area contributed by atoms with E-state index in [1.165, 1.54) is 9.96 Å². The molecule has 0 unspecified atom stereocenters. The van der Waals surface area contributed by atoms with E-state index in [-0.39, 0.29) is 0 Å². The number of nitrogens with zero attached hydrogens (tertiary/aromatic N) is 6. The number of fused-ring (bicyclic) bond motifs is 1. The second kappa shape index (κ2) is 4.78. The maximum absolute atomic E-state index is 5.79. The van der Waals surface area contributed by atoms with E-state index in [1.54, 1.807) is 10.9 Å². The molecule has 98 valence electrons. The van der Waals surface area contributed by atoms with Crippen molar-refractivity contribution in [3.05, 3.63) is 24.7 Å². The third kappa shape index (κ3) is 2.16. The van der Waals surface area contributed by atoms with E-state index in [2.05, 4.69) is 29.2 Å². The molecule has 8 heteroatoms. The molecule has 1 aliphatic heterocycles. The van der Waals surface area contributed by atoms with Gasteiger partial charge in [0.15, 0.2) is 11.5 Å². The minimum atomic E-state index is -0.394. The number of nitrogen functional groups attached to an aromatic ring is 1. The molecule has 0 fully saturated rings. The molecular weight excluding hydrogens is 357 g/mol. The summed E-state index contributed by atoms with van der Waals surface area (Å²) in [7, 11) is 4.05. The number of anilines is 1. The van der Waals surface area contributed by atoms with Crippen molar-refractivity contribution in [2.24, 2.45) is 3.21 Å². The highest BCUT2D eigenvalue weighted by Crippen LogP contribution is 2.18. The van der Waals surface area contributed by atoms with E-state index in [9.17, 15) is 0 Å². The van der Waals surface area contributed by atoms with E-state index in [1.807, 2.05) is 20.2 Å². The van der Waals surface area contributed by atoms with Crippen molar-refractivity contribution >= 4 is 47.3 Å². The van der Waals surface area contributed by atoms with Crippen LogP contribution in [0, 0.1) is 0 Å². The van der Waals surface area contributed by atoms with Crippen molar-refractivity contribution in [3.8, 4) is 0 Å². The second-order valence-corrected chi connectivity index (χ2v) is 6.20. The zero-order valence-electron chi connectivity index (χ0n) is 10.4. The highest BCUT2D eigenvalue weighted by atomic mass is 127. The number of aromatic nitrogens is 4. The summed E-state index contributed by atoms with van der Waals surface area (Å²) in [5.74, 6) is 1.23. The Kier molecular flexibility index (Phi) is 3.11. The molecule has 1 aliphatic rings. The Morgan fingerprint density at radius 3 is 2.79 bits per heavy atom. The summed E-state index contributed by atoms with van der Waals surface area (Å²) in [6.45, 7) is 0. The second-order valence-electron chi connectivity index (χ2n) is 4.13. The molecule has 0 atom stereocenters. The average Bonchev–Trinajstić information content (AvgIpc) is 2.84. The number of hydrogen-bond donors (Lipinski definition) is 1. The summed E-state index contributed by atoms with van der Waals surface area (Å²) in [6, 6.07) is 0. The molecule has 0 saturated heterocycles. The van der Waals surface area contributed by atoms with E-state index in [0.29, 0.717) is 11.5 Å². The van der Waals surface area contributed by atoms with Crippen LogP contribution in [0.15, 0.2) is 27.9 Å². The monoisotopic (exact) mass is 369 g/mol. The van der Waals surface area contributed by atoms with Gasteiger partial charge in [0, 0.05) is 21.0 Å². The number of hydrogen-bond acceptors (Lipinski definition) is 6. The molecule has 3 rings (SSSR count). The van der Waals surface area contributed by atoms with E-state index in [4.69, 9.17) is 5.73 Å². The SMILES string of the molecule is CN(C)C1=IN=C(n2ncc3c(N)ncnc32)C=C1. The fourth-order valence-corrected chi connectivity index (χ4v) is 3.28. The number of halogens is 1. The van der Waals surface area contributed by atoms with Gasteiger partial charge in [0.25, 0.3) is 0 Å². The van der Waals surface area contributed by atoms with Gasteiger partial charge in [-0.2, -0.15) is 9.78 Å². The third-order valence-corrected chi connectivity index (χ3v) is 5.18. The van der Waals surface area contributed by atoms with Crippen molar-refractivity contribution in [2.75, 3.05) is 19.8 Å². The lowest BCUT2D eigenvalue weighted by Crippen LogP contribution is -2.20. The van der Waals surface area contributed by atoms with Gasteiger partial charge in [-0.15, -0.1) is 0 Å². The molecule has 0 saturated carbocycles. The fourth-order valence-electron chi connectivity index (χ4n) is 1.65.